The van der Waals surface area contributed by atoms with Crippen LogP contribution < -0.4 is 10.1 Å². The van der Waals surface area contributed by atoms with Gasteiger partial charge in [0.1, 0.15) is 23.1 Å². The van der Waals surface area contributed by atoms with Gasteiger partial charge in [-0.3, -0.25) is 4.79 Å². The van der Waals surface area contributed by atoms with E-state index in [1.54, 1.807) is 5.38 Å². The smallest absolute Gasteiger partial charge is 0.270 e. The highest BCUT2D eigenvalue weighted by Gasteiger charge is 2.19. The molecular formula is C22H22N2O3S. The van der Waals surface area contributed by atoms with E-state index in [0.717, 1.165) is 41.3 Å². The average molecular weight is 394 g/mol. The Morgan fingerprint density at radius 2 is 2.00 bits per heavy atom. The van der Waals surface area contributed by atoms with Crippen molar-refractivity contribution in [2.75, 3.05) is 13.2 Å². The number of nitrogens with zero attached hydrogens (tertiary/aromatic N) is 1. The van der Waals surface area contributed by atoms with Crippen LogP contribution in [0.4, 0.5) is 0 Å². The highest BCUT2D eigenvalue weighted by atomic mass is 32.1. The van der Waals surface area contributed by atoms with Gasteiger partial charge in [0.25, 0.3) is 5.91 Å². The van der Waals surface area contributed by atoms with Crippen LogP contribution in [0.5, 0.6) is 5.75 Å². The van der Waals surface area contributed by atoms with Gasteiger partial charge in [0.05, 0.1) is 11.7 Å². The highest BCUT2D eigenvalue weighted by Crippen LogP contribution is 2.32. The third kappa shape index (κ3) is 4.58. The van der Waals surface area contributed by atoms with Crippen LogP contribution in [0.3, 0.4) is 0 Å². The standard InChI is InChI=1S/C22H22N2O3S/c25-21(23-13-17-9-6-12-26-17)19-15-28-22(24-19)18-10-4-5-11-20(18)27-14-16-7-2-1-3-8-16/h1-5,7-8,10-11,15,17H,6,9,12-14H2,(H,23,25)/t17-/m0/s1. The molecule has 1 aliphatic rings. The second-order valence-electron chi connectivity index (χ2n) is 6.65. The molecule has 6 heteroatoms. The van der Waals surface area contributed by atoms with Gasteiger partial charge in [-0.15, -0.1) is 11.3 Å². The Labute approximate surface area is 168 Å². The second kappa shape index (κ2) is 8.99. The van der Waals surface area contributed by atoms with Crippen molar-refractivity contribution in [3.63, 3.8) is 0 Å². The zero-order chi connectivity index (χ0) is 19.2. The first-order valence-corrected chi connectivity index (χ1v) is 10.3. The molecule has 2 aromatic carbocycles. The maximum Gasteiger partial charge on any atom is 0.270 e. The van der Waals surface area contributed by atoms with Gasteiger partial charge in [0, 0.05) is 18.5 Å². The number of hydrogen-bond donors (Lipinski definition) is 1. The van der Waals surface area contributed by atoms with Crippen LogP contribution in [0.25, 0.3) is 10.6 Å². The first-order valence-electron chi connectivity index (χ1n) is 9.41. The number of carbonyl (C=O) groups excluding carboxylic acids is 1. The summed E-state index contributed by atoms with van der Waals surface area (Å²) in [5, 5.41) is 5.47. The van der Waals surface area contributed by atoms with Gasteiger partial charge in [0.15, 0.2) is 0 Å². The molecule has 1 fully saturated rings. The minimum absolute atomic E-state index is 0.120. The molecule has 0 radical (unpaired) electrons. The van der Waals surface area contributed by atoms with Crippen molar-refractivity contribution in [3.05, 3.63) is 71.2 Å². The monoisotopic (exact) mass is 394 g/mol. The van der Waals surface area contributed by atoms with E-state index in [1.165, 1.54) is 11.3 Å². The van der Waals surface area contributed by atoms with Crippen LogP contribution in [0, 0.1) is 0 Å². The summed E-state index contributed by atoms with van der Waals surface area (Å²) in [5.74, 6) is 0.590. The predicted molar refractivity (Wildman–Crippen MR) is 110 cm³/mol. The molecule has 1 N–H and O–H groups in total. The number of nitrogens with one attached hydrogen (secondary N) is 1. The molecule has 4 rings (SSSR count). The molecule has 3 aromatic rings. The minimum Gasteiger partial charge on any atom is -0.488 e. The molecule has 0 aliphatic carbocycles. The number of benzene rings is 2. The van der Waals surface area contributed by atoms with E-state index in [4.69, 9.17) is 9.47 Å². The molecule has 0 bridgehead atoms. The first-order chi connectivity index (χ1) is 13.8. The van der Waals surface area contributed by atoms with Crippen LogP contribution in [0.1, 0.15) is 28.9 Å². The summed E-state index contributed by atoms with van der Waals surface area (Å²) in [4.78, 5) is 16.9. The number of thiazole rings is 1. The lowest BCUT2D eigenvalue weighted by atomic mass is 10.2. The topological polar surface area (TPSA) is 60.5 Å². The maximum absolute atomic E-state index is 12.4. The van der Waals surface area contributed by atoms with Crippen molar-refractivity contribution in [1.29, 1.82) is 0 Å². The van der Waals surface area contributed by atoms with Crippen molar-refractivity contribution in [3.8, 4) is 16.3 Å². The largest absolute Gasteiger partial charge is 0.488 e. The summed E-state index contributed by atoms with van der Waals surface area (Å²) in [5.41, 5.74) is 2.42. The summed E-state index contributed by atoms with van der Waals surface area (Å²) < 4.78 is 11.6. The van der Waals surface area contributed by atoms with E-state index < -0.39 is 0 Å². The number of aromatic nitrogens is 1. The van der Waals surface area contributed by atoms with Crippen LogP contribution in [0.15, 0.2) is 60.0 Å². The second-order valence-corrected chi connectivity index (χ2v) is 7.51. The molecule has 144 valence electrons. The van der Waals surface area contributed by atoms with Crippen molar-refractivity contribution in [1.82, 2.24) is 10.3 Å². The van der Waals surface area contributed by atoms with Gasteiger partial charge < -0.3 is 14.8 Å². The summed E-state index contributed by atoms with van der Waals surface area (Å²) in [7, 11) is 0. The van der Waals surface area contributed by atoms with Gasteiger partial charge in [0.2, 0.25) is 0 Å². The highest BCUT2D eigenvalue weighted by molar-refractivity contribution is 7.13. The van der Waals surface area contributed by atoms with Crippen LogP contribution in [-0.4, -0.2) is 30.1 Å². The molecule has 0 saturated carbocycles. The third-order valence-corrected chi connectivity index (χ3v) is 5.48. The summed E-state index contributed by atoms with van der Waals surface area (Å²) in [6.07, 6.45) is 2.17. The lowest BCUT2D eigenvalue weighted by Gasteiger charge is -2.10. The Balaban J connectivity index is 1.43. The molecule has 0 spiro atoms. The molecule has 5 nitrogen and oxygen atoms in total. The van der Waals surface area contributed by atoms with Crippen LogP contribution >= 0.6 is 11.3 Å². The molecule has 2 heterocycles. The Bertz CT molecular complexity index is 920. The minimum atomic E-state index is -0.166. The summed E-state index contributed by atoms with van der Waals surface area (Å²) >= 11 is 1.44. The number of amides is 1. The number of para-hydroxylation sites is 1. The molecule has 1 aliphatic heterocycles. The molecule has 1 atom stereocenters. The summed E-state index contributed by atoms with van der Waals surface area (Å²) in [6, 6.07) is 17.8. The Hall–Kier alpha value is -2.70. The average Bonchev–Trinajstić information content (AvgIpc) is 3.44. The van der Waals surface area contributed by atoms with Gasteiger partial charge in [-0.1, -0.05) is 42.5 Å². The van der Waals surface area contributed by atoms with E-state index in [2.05, 4.69) is 10.3 Å². The van der Waals surface area contributed by atoms with E-state index in [-0.39, 0.29) is 12.0 Å². The SMILES string of the molecule is O=C(NC[C@@H]1CCCO1)c1csc(-c2ccccc2OCc2ccccc2)n1. The molecule has 1 aromatic heterocycles. The van der Waals surface area contributed by atoms with Gasteiger partial charge in [-0.05, 0) is 30.5 Å². The van der Waals surface area contributed by atoms with E-state index in [9.17, 15) is 4.79 Å². The molecule has 1 amide bonds. The Morgan fingerprint density at radius 3 is 2.82 bits per heavy atom. The van der Waals surface area contributed by atoms with Crippen molar-refractivity contribution in [2.45, 2.75) is 25.6 Å². The molecular weight excluding hydrogens is 372 g/mol. The fraction of sp³-hybridized carbons (Fsp3) is 0.273. The third-order valence-electron chi connectivity index (χ3n) is 4.61. The molecule has 28 heavy (non-hydrogen) atoms. The molecule has 0 unspecified atom stereocenters. The fourth-order valence-electron chi connectivity index (χ4n) is 3.11. The van der Waals surface area contributed by atoms with Gasteiger partial charge in [-0.25, -0.2) is 4.98 Å². The maximum atomic E-state index is 12.4. The number of hydrogen-bond acceptors (Lipinski definition) is 5. The van der Waals surface area contributed by atoms with Crippen molar-refractivity contribution < 1.29 is 14.3 Å². The molecule has 1 saturated heterocycles. The van der Waals surface area contributed by atoms with Gasteiger partial charge >= 0.3 is 0 Å². The zero-order valence-electron chi connectivity index (χ0n) is 15.5. The number of carbonyl (C=O) groups is 1. The van der Waals surface area contributed by atoms with Crippen molar-refractivity contribution in [2.24, 2.45) is 0 Å². The zero-order valence-corrected chi connectivity index (χ0v) is 16.3. The first kappa shape index (κ1) is 18.7. The van der Waals surface area contributed by atoms with Crippen molar-refractivity contribution >= 4 is 17.2 Å². The number of ether oxygens (including phenoxy) is 2. The lowest BCUT2D eigenvalue weighted by Crippen LogP contribution is -2.31. The quantitative estimate of drug-likeness (QED) is 0.649. The predicted octanol–water partition coefficient (Wildman–Crippen LogP) is 4.30. The fourth-order valence-corrected chi connectivity index (χ4v) is 3.94. The number of rotatable bonds is 7. The van der Waals surface area contributed by atoms with Crippen LogP contribution in [0.2, 0.25) is 0 Å². The van der Waals surface area contributed by atoms with Gasteiger partial charge in [-0.2, -0.15) is 0 Å². The van der Waals surface area contributed by atoms with E-state index in [0.29, 0.717) is 18.8 Å². The lowest BCUT2D eigenvalue weighted by molar-refractivity contribution is 0.0854. The summed E-state index contributed by atoms with van der Waals surface area (Å²) in [6.45, 7) is 1.79. The Morgan fingerprint density at radius 1 is 1.18 bits per heavy atom. The normalized spacial score (nSPS) is 16.1. The van der Waals surface area contributed by atoms with E-state index >= 15 is 0 Å². The van der Waals surface area contributed by atoms with Crippen LogP contribution in [-0.2, 0) is 11.3 Å². The van der Waals surface area contributed by atoms with E-state index in [1.807, 2.05) is 54.6 Å². The Kier molecular flexibility index (Phi) is 5.99.